The molecule has 0 bridgehead atoms. The molecule has 1 aliphatic rings. The predicted octanol–water partition coefficient (Wildman–Crippen LogP) is 4.78. The van der Waals surface area contributed by atoms with Gasteiger partial charge in [-0.15, -0.1) is 10.2 Å². The van der Waals surface area contributed by atoms with Gasteiger partial charge >= 0.3 is 0 Å². The first-order chi connectivity index (χ1) is 17.2. The second-order valence-electron chi connectivity index (χ2n) is 8.20. The molecule has 10 heteroatoms. The number of piperazine rings is 1. The van der Waals surface area contributed by atoms with E-state index in [0.717, 1.165) is 44.2 Å². The first-order valence-corrected chi connectivity index (χ1v) is 12.2. The van der Waals surface area contributed by atoms with Crippen LogP contribution >= 0.6 is 23.2 Å². The summed E-state index contributed by atoms with van der Waals surface area (Å²) in [6.45, 7) is 7.98. The first kappa shape index (κ1) is 27.4. The fourth-order valence-electron chi connectivity index (χ4n) is 3.55. The molecule has 1 aromatic heterocycles. The van der Waals surface area contributed by atoms with E-state index in [1.165, 1.54) is 19.1 Å². The second-order valence-corrected chi connectivity index (χ2v) is 8.95. The normalized spacial score (nSPS) is 13.5. The Hall–Kier alpha value is -3.20. The summed E-state index contributed by atoms with van der Waals surface area (Å²) in [5, 5.41) is 17.2. The van der Waals surface area contributed by atoms with Crippen molar-refractivity contribution in [3.63, 3.8) is 0 Å². The van der Waals surface area contributed by atoms with E-state index in [4.69, 9.17) is 33.0 Å². The molecular formula is C26H28Cl2N4O4. The highest BCUT2D eigenvalue weighted by Gasteiger charge is 2.20. The lowest BCUT2D eigenvalue weighted by atomic mass is 10.1. The average molecular weight is 531 g/mol. The highest BCUT2D eigenvalue weighted by Crippen LogP contribution is 2.26. The quantitative estimate of drug-likeness (QED) is 0.436. The number of aromatic nitrogens is 2. The zero-order chi connectivity index (χ0) is 26.1. The summed E-state index contributed by atoms with van der Waals surface area (Å²) in [5.74, 6) is 1.03. The summed E-state index contributed by atoms with van der Waals surface area (Å²) in [5.41, 5.74) is 2.14. The van der Waals surface area contributed by atoms with Crippen LogP contribution in [0.4, 0.5) is 5.69 Å². The molecule has 1 N–H and O–H groups in total. The lowest BCUT2D eigenvalue weighted by Gasteiger charge is -2.36. The Kier molecular flexibility index (Phi) is 10.0. The molecule has 0 saturated carbocycles. The molecule has 36 heavy (non-hydrogen) atoms. The van der Waals surface area contributed by atoms with Gasteiger partial charge in [-0.1, -0.05) is 23.2 Å². The number of phenols is 1. The minimum absolute atomic E-state index is 0.0139. The zero-order valence-electron chi connectivity index (χ0n) is 20.2. The molecule has 190 valence electrons. The number of ketones is 2. The standard InChI is InChI=1S/C18H20Cl2N4O2.C8H8O2/c1-13(25)14-2-4-15(5-3-14)26-11-10-23-6-8-24(9-7-23)16-12-17(19)21-22-18(16)20;1-6(9)7-2-4-8(10)5-3-7/h2-5,12H,6-11H2,1H3;2-5,10H,1H3. The summed E-state index contributed by atoms with van der Waals surface area (Å²) < 4.78 is 5.77. The Morgan fingerprint density at radius 1 is 0.889 bits per heavy atom. The van der Waals surface area contributed by atoms with Crippen LogP contribution in [0.25, 0.3) is 0 Å². The number of rotatable bonds is 7. The fraction of sp³-hybridized carbons (Fsp3) is 0.308. The molecule has 0 amide bonds. The molecule has 2 aromatic carbocycles. The molecule has 0 unspecified atom stereocenters. The molecule has 1 fully saturated rings. The van der Waals surface area contributed by atoms with Crippen LogP contribution in [-0.2, 0) is 0 Å². The molecule has 0 aliphatic carbocycles. The molecule has 1 saturated heterocycles. The Morgan fingerprint density at radius 3 is 2.00 bits per heavy atom. The number of benzene rings is 2. The second kappa shape index (κ2) is 13.2. The van der Waals surface area contributed by atoms with E-state index in [1.807, 2.05) is 12.1 Å². The minimum Gasteiger partial charge on any atom is -0.508 e. The summed E-state index contributed by atoms with van der Waals surface area (Å²) >= 11 is 12.0. The molecule has 8 nitrogen and oxygen atoms in total. The van der Waals surface area contributed by atoms with Crippen LogP contribution in [0.3, 0.4) is 0 Å². The van der Waals surface area contributed by atoms with Gasteiger partial charge in [0.2, 0.25) is 0 Å². The van der Waals surface area contributed by atoms with Gasteiger partial charge in [-0.3, -0.25) is 14.5 Å². The third kappa shape index (κ3) is 8.19. The van der Waals surface area contributed by atoms with Gasteiger partial charge in [-0.05, 0) is 62.4 Å². The van der Waals surface area contributed by atoms with Crippen LogP contribution in [0.5, 0.6) is 11.5 Å². The van der Waals surface area contributed by atoms with Gasteiger partial charge in [0.15, 0.2) is 21.9 Å². The summed E-state index contributed by atoms with van der Waals surface area (Å²) in [6, 6.07) is 15.2. The van der Waals surface area contributed by atoms with Gasteiger partial charge < -0.3 is 14.7 Å². The SMILES string of the molecule is CC(=O)c1ccc(O)cc1.CC(=O)c1ccc(OCCN2CCN(c3cc(Cl)nnc3Cl)CC2)cc1. The van der Waals surface area contributed by atoms with E-state index in [0.29, 0.717) is 28.0 Å². The largest absolute Gasteiger partial charge is 0.508 e. The summed E-state index contributed by atoms with van der Waals surface area (Å²) in [7, 11) is 0. The minimum atomic E-state index is 0.0139. The number of Topliss-reactive ketones (excluding diaryl/α,β-unsaturated/α-hetero) is 2. The topological polar surface area (TPSA) is 95.9 Å². The molecule has 2 heterocycles. The number of nitrogens with zero attached hydrogens (tertiary/aromatic N) is 4. The number of hydrogen-bond acceptors (Lipinski definition) is 8. The molecule has 0 spiro atoms. The number of carbonyl (C=O) groups is 2. The van der Waals surface area contributed by atoms with Gasteiger partial charge in [0, 0.05) is 49.9 Å². The maximum absolute atomic E-state index is 11.3. The third-order valence-corrected chi connectivity index (χ3v) is 6.08. The lowest BCUT2D eigenvalue weighted by molar-refractivity contribution is 0.100. The van der Waals surface area contributed by atoms with Crippen molar-refractivity contribution in [2.45, 2.75) is 13.8 Å². The van der Waals surface area contributed by atoms with Crippen LogP contribution in [0, 0.1) is 0 Å². The van der Waals surface area contributed by atoms with Crippen LogP contribution in [0.1, 0.15) is 34.6 Å². The molecular weight excluding hydrogens is 503 g/mol. The number of ether oxygens (including phenoxy) is 1. The third-order valence-electron chi connectivity index (χ3n) is 5.62. The van der Waals surface area contributed by atoms with Crippen molar-refractivity contribution in [1.82, 2.24) is 15.1 Å². The van der Waals surface area contributed by atoms with Gasteiger partial charge in [-0.25, -0.2) is 0 Å². The highest BCUT2D eigenvalue weighted by molar-refractivity contribution is 6.33. The summed E-state index contributed by atoms with van der Waals surface area (Å²) in [4.78, 5) is 26.5. The van der Waals surface area contributed by atoms with E-state index in [2.05, 4.69) is 20.0 Å². The molecule has 1 aliphatic heterocycles. The lowest BCUT2D eigenvalue weighted by Crippen LogP contribution is -2.47. The van der Waals surface area contributed by atoms with Crippen molar-refractivity contribution in [2.75, 3.05) is 44.2 Å². The van der Waals surface area contributed by atoms with E-state index in [1.54, 1.807) is 37.3 Å². The zero-order valence-corrected chi connectivity index (χ0v) is 21.7. The van der Waals surface area contributed by atoms with Gasteiger partial charge in [0.05, 0.1) is 5.69 Å². The maximum atomic E-state index is 11.3. The molecule has 4 rings (SSSR count). The number of phenolic OH excluding ortho intramolecular Hbond substituents is 1. The number of anilines is 1. The van der Waals surface area contributed by atoms with Gasteiger partial charge in [-0.2, -0.15) is 0 Å². The van der Waals surface area contributed by atoms with Crippen molar-refractivity contribution < 1.29 is 19.4 Å². The number of carbonyl (C=O) groups excluding carboxylic acids is 2. The predicted molar refractivity (Wildman–Crippen MR) is 141 cm³/mol. The molecule has 0 radical (unpaired) electrons. The Balaban J connectivity index is 0.000000303. The van der Waals surface area contributed by atoms with Crippen LogP contribution in [-0.4, -0.2) is 71.1 Å². The monoisotopic (exact) mass is 530 g/mol. The smallest absolute Gasteiger partial charge is 0.175 e. The van der Waals surface area contributed by atoms with Crippen molar-refractivity contribution in [2.24, 2.45) is 0 Å². The van der Waals surface area contributed by atoms with Crippen LogP contribution in [0.2, 0.25) is 10.3 Å². The molecule has 3 aromatic rings. The van der Waals surface area contributed by atoms with E-state index in [-0.39, 0.29) is 17.3 Å². The summed E-state index contributed by atoms with van der Waals surface area (Å²) in [6.07, 6.45) is 0. The Morgan fingerprint density at radius 2 is 1.44 bits per heavy atom. The number of halogens is 2. The van der Waals surface area contributed by atoms with Crippen molar-refractivity contribution >= 4 is 40.5 Å². The van der Waals surface area contributed by atoms with Gasteiger partial charge in [0.1, 0.15) is 18.1 Å². The van der Waals surface area contributed by atoms with Crippen molar-refractivity contribution in [1.29, 1.82) is 0 Å². The van der Waals surface area contributed by atoms with E-state index in [9.17, 15) is 9.59 Å². The first-order valence-electron chi connectivity index (χ1n) is 11.4. The van der Waals surface area contributed by atoms with E-state index < -0.39 is 0 Å². The van der Waals surface area contributed by atoms with Crippen molar-refractivity contribution in [3.05, 3.63) is 76.0 Å². The Labute approximate surface area is 220 Å². The average Bonchev–Trinajstić information content (AvgIpc) is 2.87. The maximum Gasteiger partial charge on any atom is 0.175 e. The van der Waals surface area contributed by atoms with E-state index >= 15 is 0 Å². The number of aromatic hydroxyl groups is 1. The number of hydrogen-bond donors (Lipinski definition) is 1. The van der Waals surface area contributed by atoms with Crippen molar-refractivity contribution in [3.8, 4) is 11.5 Å². The van der Waals surface area contributed by atoms with Crippen LogP contribution in [0.15, 0.2) is 54.6 Å². The Bertz CT molecular complexity index is 1170. The fourth-order valence-corrected chi connectivity index (χ4v) is 3.91. The molecule has 0 atom stereocenters. The highest BCUT2D eigenvalue weighted by atomic mass is 35.5. The van der Waals surface area contributed by atoms with Gasteiger partial charge in [0.25, 0.3) is 0 Å². The van der Waals surface area contributed by atoms with Crippen LogP contribution < -0.4 is 9.64 Å².